The van der Waals surface area contributed by atoms with Gasteiger partial charge in [0.15, 0.2) is 0 Å². The zero-order valence-electron chi connectivity index (χ0n) is 7.76. The van der Waals surface area contributed by atoms with E-state index in [-0.39, 0.29) is 0 Å². The molecular weight excluding hydrogens is 243 g/mol. The summed E-state index contributed by atoms with van der Waals surface area (Å²) in [5, 5.41) is 2.73. The fraction of sp³-hybridized carbons (Fsp3) is 0.222. The zero-order valence-corrected chi connectivity index (χ0v) is 9.39. The van der Waals surface area contributed by atoms with Gasteiger partial charge in [-0.05, 0) is 24.3 Å². The van der Waals surface area contributed by atoms with Gasteiger partial charge in [0, 0.05) is 11.9 Å². The fourth-order valence-corrected chi connectivity index (χ4v) is 1.75. The molecule has 15 heavy (non-hydrogen) atoms. The summed E-state index contributed by atoms with van der Waals surface area (Å²) in [6.45, 7) is 0. The molecule has 0 spiro atoms. The predicted octanol–water partition coefficient (Wildman–Crippen LogP) is 3.30. The molecule has 0 aromatic heterocycles. The molecule has 6 heteroatoms. The highest BCUT2D eigenvalue weighted by molar-refractivity contribution is 8.23. The third kappa shape index (κ3) is 3.71. The summed E-state index contributed by atoms with van der Waals surface area (Å²) in [5.74, 6) is 0. The van der Waals surface area contributed by atoms with E-state index in [4.69, 9.17) is 12.2 Å². The average Bonchev–Trinajstić information content (AvgIpc) is 2.17. The summed E-state index contributed by atoms with van der Waals surface area (Å²) < 4.78 is 37.1. The Bertz CT molecular complexity index is 345. The van der Waals surface area contributed by atoms with Crippen LogP contribution in [0.1, 0.15) is 5.56 Å². The van der Waals surface area contributed by atoms with Gasteiger partial charge in [-0.1, -0.05) is 24.0 Å². The molecule has 1 rings (SSSR count). The van der Waals surface area contributed by atoms with Crippen molar-refractivity contribution in [1.82, 2.24) is 5.32 Å². The van der Waals surface area contributed by atoms with Gasteiger partial charge in [-0.2, -0.15) is 13.2 Å². The van der Waals surface area contributed by atoms with Gasteiger partial charge < -0.3 is 5.32 Å². The molecule has 1 nitrogen and oxygen atoms in total. The highest BCUT2D eigenvalue weighted by Gasteiger charge is 2.29. The molecule has 82 valence electrons. The molecule has 0 aliphatic heterocycles. The first-order chi connectivity index (χ1) is 6.93. The molecule has 1 aromatic carbocycles. The van der Waals surface area contributed by atoms with Crippen LogP contribution in [-0.4, -0.2) is 11.4 Å². The third-order valence-electron chi connectivity index (χ3n) is 1.60. The monoisotopic (exact) mass is 251 g/mol. The molecule has 0 amide bonds. The SMILES string of the molecule is CNC(=S)Sc1ccc(C(F)(F)F)cc1. The summed E-state index contributed by atoms with van der Waals surface area (Å²) in [4.78, 5) is 0.683. The summed E-state index contributed by atoms with van der Waals surface area (Å²) >= 11 is 6.09. The topological polar surface area (TPSA) is 12.0 Å². The first-order valence-corrected chi connectivity index (χ1v) is 5.23. The molecular formula is C9H8F3NS2. The van der Waals surface area contributed by atoms with Crippen LogP contribution in [0.15, 0.2) is 29.2 Å². The van der Waals surface area contributed by atoms with Crippen LogP contribution >= 0.6 is 24.0 Å². The van der Waals surface area contributed by atoms with Crippen molar-refractivity contribution in [2.45, 2.75) is 11.1 Å². The van der Waals surface area contributed by atoms with E-state index in [0.717, 1.165) is 12.1 Å². The second kappa shape index (κ2) is 4.85. The number of thioether (sulfide) groups is 1. The minimum absolute atomic E-state index is 0.523. The van der Waals surface area contributed by atoms with E-state index >= 15 is 0 Å². The van der Waals surface area contributed by atoms with Gasteiger partial charge in [0.1, 0.15) is 4.32 Å². The largest absolute Gasteiger partial charge is 0.416 e. The van der Waals surface area contributed by atoms with Gasteiger partial charge in [-0.15, -0.1) is 0 Å². The van der Waals surface area contributed by atoms with Crippen LogP contribution in [0.2, 0.25) is 0 Å². The Morgan fingerprint density at radius 3 is 2.20 bits per heavy atom. The Hall–Kier alpha value is -0.750. The maximum atomic E-state index is 12.2. The van der Waals surface area contributed by atoms with Crippen LogP contribution < -0.4 is 5.32 Å². The molecule has 0 fully saturated rings. The third-order valence-corrected chi connectivity index (χ3v) is 2.95. The Balaban J connectivity index is 2.77. The number of thiocarbonyl (C=S) groups is 1. The Labute approximate surface area is 95.1 Å². The predicted molar refractivity (Wildman–Crippen MR) is 59.0 cm³/mol. The lowest BCUT2D eigenvalue weighted by Crippen LogP contribution is -2.10. The molecule has 0 saturated heterocycles. The van der Waals surface area contributed by atoms with Gasteiger partial charge in [0.25, 0.3) is 0 Å². The Kier molecular flexibility index (Phi) is 3.98. The number of halogens is 3. The standard InChI is InChI=1S/C9H8F3NS2/c1-13-8(14)15-7-4-2-6(3-5-7)9(10,11)12/h2-5H,1H3,(H,13,14). The van der Waals surface area contributed by atoms with E-state index in [9.17, 15) is 13.2 Å². The van der Waals surface area contributed by atoms with Crippen molar-refractivity contribution in [2.75, 3.05) is 7.05 Å². The number of hydrogen-bond donors (Lipinski definition) is 1. The van der Waals surface area contributed by atoms with Crippen LogP contribution in [0.4, 0.5) is 13.2 Å². The zero-order chi connectivity index (χ0) is 11.5. The molecule has 0 saturated carbocycles. The second-order valence-corrected chi connectivity index (χ2v) is 4.41. The summed E-state index contributed by atoms with van der Waals surface area (Å²) in [6, 6.07) is 4.88. The van der Waals surface area contributed by atoms with Crippen molar-refractivity contribution in [1.29, 1.82) is 0 Å². The molecule has 0 heterocycles. The van der Waals surface area contributed by atoms with Crippen molar-refractivity contribution in [2.24, 2.45) is 0 Å². The van der Waals surface area contributed by atoms with Crippen LogP contribution in [0, 0.1) is 0 Å². The van der Waals surface area contributed by atoms with Gasteiger partial charge in [0.05, 0.1) is 5.56 Å². The van der Waals surface area contributed by atoms with E-state index in [0.29, 0.717) is 9.22 Å². The van der Waals surface area contributed by atoms with Crippen molar-refractivity contribution < 1.29 is 13.2 Å². The second-order valence-electron chi connectivity index (χ2n) is 2.66. The lowest BCUT2D eigenvalue weighted by molar-refractivity contribution is -0.137. The van der Waals surface area contributed by atoms with E-state index in [1.807, 2.05) is 0 Å². The lowest BCUT2D eigenvalue weighted by atomic mass is 10.2. The average molecular weight is 251 g/mol. The molecule has 0 radical (unpaired) electrons. The van der Waals surface area contributed by atoms with Gasteiger partial charge >= 0.3 is 6.18 Å². The maximum absolute atomic E-state index is 12.2. The van der Waals surface area contributed by atoms with Crippen LogP contribution in [-0.2, 0) is 6.18 Å². The highest BCUT2D eigenvalue weighted by Crippen LogP contribution is 2.30. The van der Waals surface area contributed by atoms with Crippen molar-refractivity contribution >= 4 is 28.3 Å². The van der Waals surface area contributed by atoms with E-state index in [1.54, 1.807) is 7.05 Å². The number of hydrogen-bond acceptors (Lipinski definition) is 2. The number of alkyl halides is 3. The normalized spacial score (nSPS) is 11.2. The van der Waals surface area contributed by atoms with Gasteiger partial charge in [-0.25, -0.2) is 0 Å². The molecule has 0 aliphatic carbocycles. The molecule has 0 unspecified atom stereocenters. The van der Waals surface area contributed by atoms with E-state index in [2.05, 4.69) is 5.32 Å². The maximum Gasteiger partial charge on any atom is 0.416 e. The van der Waals surface area contributed by atoms with Gasteiger partial charge in [0.2, 0.25) is 0 Å². The smallest absolute Gasteiger partial charge is 0.374 e. The quantitative estimate of drug-likeness (QED) is 0.607. The first kappa shape index (κ1) is 12.3. The van der Waals surface area contributed by atoms with E-state index in [1.165, 1.54) is 23.9 Å². The minimum atomic E-state index is -4.29. The van der Waals surface area contributed by atoms with Crippen LogP contribution in [0.25, 0.3) is 0 Å². The molecule has 0 aliphatic rings. The van der Waals surface area contributed by atoms with Crippen molar-refractivity contribution in [3.63, 3.8) is 0 Å². The number of nitrogens with one attached hydrogen (secondary N) is 1. The summed E-state index contributed by atoms with van der Waals surface area (Å²) in [6.07, 6.45) is -4.29. The van der Waals surface area contributed by atoms with Crippen molar-refractivity contribution in [3.8, 4) is 0 Å². The van der Waals surface area contributed by atoms with Crippen LogP contribution in [0.5, 0.6) is 0 Å². The molecule has 1 N–H and O–H groups in total. The Morgan fingerprint density at radius 1 is 1.27 bits per heavy atom. The number of benzene rings is 1. The van der Waals surface area contributed by atoms with Gasteiger partial charge in [-0.3, -0.25) is 0 Å². The van der Waals surface area contributed by atoms with E-state index < -0.39 is 11.7 Å². The molecule has 1 aromatic rings. The highest BCUT2D eigenvalue weighted by atomic mass is 32.2. The molecule has 0 atom stereocenters. The fourth-order valence-electron chi connectivity index (χ4n) is 0.870. The lowest BCUT2D eigenvalue weighted by Gasteiger charge is -2.07. The number of rotatable bonds is 1. The summed E-state index contributed by atoms with van der Waals surface area (Å²) in [7, 11) is 1.67. The summed E-state index contributed by atoms with van der Waals surface area (Å²) in [5.41, 5.74) is -0.651. The molecule has 0 bridgehead atoms. The minimum Gasteiger partial charge on any atom is -0.374 e. The Morgan fingerprint density at radius 2 is 1.80 bits per heavy atom. The first-order valence-electron chi connectivity index (χ1n) is 4.00. The van der Waals surface area contributed by atoms with Crippen LogP contribution in [0.3, 0.4) is 0 Å². The van der Waals surface area contributed by atoms with Crippen molar-refractivity contribution in [3.05, 3.63) is 29.8 Å².